The molecule has 54 valence electrons. The Hall–Kier alpha value is -1.03. The van der Waals surface area contributed by atoms with Crippen LogP contribution in [0.5, 0.6) is 0 Å². The highest BCUT2D eigenvalue weighted by molar-refractivity contribution is 5.31. The van der Waals surface area contributed by atoms with Gasteiger partial charge in [0.2, 0.25) is 0 Å². The van der Waals surface area contributed by atoms with E-state index < -0.39 is 0 Å². The maximum absolute atomic E-state index is 12.6. The number of hydrogen-bond donors (Lipinski definition) is 0. The van der Waals surface area contributed by atoms with Gasteiger partial charge in [0.1, 0.15) is 5.83 Å². The predicted octanol–water partition coefficient (Wildman–Crippen LogP) is 2.83. The largest absolute Gasteiger partial charge is 0.206 e. The molecule has 0 fully saturated rings. The molecule has 0 bridgehead atoms. The Bertz CT molecular complexity index is 191. The summed E-state index contributed by atoms with van der Waals surface area (Å²) in [6.07, 6.45) is 8.92. The molecule has 0 aromatic heterocycles. The zero-order chi connectivity index (χ0) is 7.98. The lowest BCUT2D eigenvalue weighted by molar-refractivity contribution is 0.658. The summed E-state index contributed by atoms with van der Waals surface area (Å²) in [4.78, 5) is 0. The Morgan fingerprint density at radius 2 is 2.30 bits per heavy atom. The Morgan fingerprint density at radius 3 is 2.70 bits per heavy atom. The molecule has 0 unspecified atom stereocenters. The van der Waals surface area contributed by atoms with Gasteiger partial charge in [-0.3, -0.25) is 0 Å². The van der Waals surface area contributed by atoms with Crippen molar-refractivity contribution in [2.24, 2.45) is 0 Å². The van der Waals surface area contributed by atoms with E-state index in [-0.39, 0.29) is 5.83 Å². The van der Waals surface area contributed by atoms with E-state index in [1.165, 1.54) is 6.08 Å². The van der Waals surface area contributed by atoms with E-state index in [2.05, 4.69) is 5.92 Å². The fourth-order valence-corrected chi connectivity index (χ4v) is 0.415. The van der Waals surface area contributed by atoms with E-state index in [1.807, 2.05) is 6.92 Å². The zero-order valence-electron chi connectivity index (χ0n) is 6.32. The molecule has 0 aliphatic heterocycles. The summed E-state index contributed by atoms with van der Waals surface area (Å²) in [5.74, 6) is 1.91. The Balaban J connectivity index is 4.22. The van der Waals surface area contributed by atoms with Gasteiger partial charge < -0.3 is 0 Å². The number of rotatable bonds is 2. The van der Waals surface area contributed by atoms with Gasteiger partial charge in [0, 0.05) is 5.57 Å². The molecule has 0 saturated heterocycles. The lowest BCUT2D eigenvalue weighted by Gasteiger charge is -1.87. The van der Waals surface area contributed by atoms with Crippen molar-refractivity contribution in [3.8, 4) is 12.3 Å². The summed E-state index contributed by atoms with van der Waals surface area (Å²) in [5.41, 5.74) is 0.352. The second kappa shape index (κ2) is 4.81. The fourth-order valence-electron chi connectivity index (χ4n) is 0.415. The van der Waals surface area contributed by atoms with Crippen LogP contribution in [0.15, 0.2) is 23.6 Å². The first-order valence-corrected chi connectivity index (χ1v) is 3.22. The molecule has 0 aliphatic carbocycles. The standard InChI is InChI=1S/C9H11F/c1-4-6-7-9(10)8(3)5-2/h2,6-7H,4H2,1,3H3/b7-6-,9-8+. The second-order valence-electron chi connectivity index (χ2n) is 1.93. The van der Waals surface area contributed by atoms with Gasteiger partial charge in [-0.1, -0.05) is 18.9 Å². The van der Waals surface area contributed by atoms with Gasteiger partial charge in [-0.2, -0.15) is 0 Å². The normalized spacial score (nSPS) is 13.0. The van der Waals surface area contributed by atoms with Gasteiger partial charge in [0.25, 0.3) is 0 Å². The molecule has 0 N–H and O–H groups in total. The molecule has 0 amide bonds. The van der Waals surface area contributed by atoms with Crippen LogP contribution in [-0.2, 0) is 0 Å². The van der Waals surface area contributed by atoms with Gasteiger partial charge >= 0.3 is 0 Å². The van der Waals surface area contributed by atoms with Gasteiger partial charge in [0.05, 0.1) is 0 Å². The van der Waals surface area contributed by atoms with Crippen LogP contribution in [0.2, 0.25) is 0 Å². The number of hydrogen-bond acceptors (Lipinski definition) is 0. The number of allylic oxidation sites excluding steroid dienone is 4. The SMILES string of the molecule is C#C/C(C)=C(F)\C=C/CC. The molecule has 0 aliphatic rings. The highest BCUT2D eigenvalue weighted by Gasteiger charge is 1.90. The third kappa shape index (κ3) is 3.09. The smallest absolute Gasteiger partial charge is 0.134 e. The van der Waals surface area contributed by atoms with Crippen molar-refractivity contribution in [2.75, 3.05) is 0 Å². The van der Waals surface area contributed by atoms with Crippen LogP contribution < -0.4 is 0 Å². The fraction of sp³-hybridized carbons (Fsp3) is 0.333. The average Bonchev–Trinajstić information content (AvgIpc) is 1.98. The first-order valence-electron chi connectivity index (χ1n) is 3.22. The van der Waals surface area contributed by atoms with Crippen molar-refractivity contribution in [1.29, 1.82) is 0 Å². The van der Waals surface area contributed by atoms with E-state index in [1.54, 1.807) is 13.0 Å². The van der Waals surface area contributed by atoms with Crippen molar-refractivity contribution in [3.05, 3.63) is 23.6 Å². The second-order valence-corrected chi connectivity index (χ2v) is 1.93. The summed E-state index contributed by atoms with van der Waals surface area (Å²) < 4.78 is 12.6. The molecule has 0 rings (SSSR count). The number of halogens is 1. The first kappa shape index (κ1) is 8.97. The summed E-state index contributed by atoms with van der Waals surface area (Å²) in [5, 5.41) is 0. The predicted molar refractivity (Wildman–Crippen MR) is 42.1 cm³/mol. The van der Waals surface area contributed by atoms with Crippen molar-refractivity contribution in [1.82, 2.24) is 0 Å². The van der Waals surface area contributed by atoms with E-state index in [0.29, 0.717) is 5.57 Å². The maximum Gasteiger partial charge on any atom is 0.134 e. The molecule has 0 aromatic carbocycles. The minimum atomic E-state index is -0.315. The lowest BCUT2D eigenvalue weighted by Crippen LogP contribution is -1.72. The Kier molecular flexibility index (Phi) is 4.32. The van der Waals surface area contributed by atoms with Crippen LogP contribution in [0.3, 0.4) is 0 Å². The van der Waals surface area contributed by atoms with Crippen LogP contribution in [0.1, 0.15) is 20.3 Å². The van der Waals surface area contributed by atoms with E-state index in [0.717, 1.165) is 6.42 Å². The van der Waals surface area contributed by atoms with Crippen molar-refractivity contribution in [3.63, 3.8) is 0 Å². The van der Waals surface area contributed by atoms with Gasteiger partial charge in [-0.05, 0) is 19.4 Å². The van der Waals surface area contributed by atoms with Crippen LogP contribution in [0, 0.1) is 12.3 Å². The molecule has 0 atom stereocenters. The van der Waals surface area contributed by atoms with Crippen molar-refractivity contribution >= 4 is 0 Å². The molecule has 0 heterocycles. The summed E-state index contributed by atoms with van der Waals surface area (Å²) in [6, 6.07) is 0. The highest BCUT2D eigenvalue weighted by atomic mass is 19.1. The van der Waals surface area contributed by atoms with Crippen LogP contribution in [0.4, 0.5) is 4.39 Å². The third-order valence-corrected chi connectivity index (χ3v) is 1.07. The molecular weight excluding hydrogens is 127 g/mol. The van der Waals surface area contributed by atoms with Gasteiger partial charge in [-0.25, -0.2) is 4.39 Å². The molecular formula is C9H11F. The molecule has 10 heavy (non-hydrogen) atoms. The van der Waals surface area contributed by atoms with Crippen molar-refractivity contribution in [2.45, 2.75) is 20.3 Å². The summed E-state index contributed by atoms with van der Waals surface area (Å²) >= 11 is 0. The van der Waals surface area contributed by atoms with Gasteiger partial charge in [-0.15, -0.1) is 6.42 Å². The monoisotopic (exact) mass is 138 g/mol. The average molecular weight is 138 g/mol. The quantitative estimate of drug-likeness (QED) is 0.406. The minimum absolute atomic E-state index is 0.315. The van der Waals surface area contributed by atoms with Gasteiger partial charge in [0.15, 0.2) is 0 Å². The summed E-state index contributed by atoms with van der Waals surface area (Å²) in [7, 11) is 0. The number of terminal acetylenes is 1. The highest BCUT2D eigenvalue weighted by Crippen LogP contribution is 2.05. The van der Waals surface area contributed by atoms with Crippen LogP contribution in [-0.4, -0.2) is 0 Å². The van der Waals surface area contributed by atoms with Crippen LogP contribution in [0.25, 0.3) is 0 Å². The molecule has 1 heteroatoms. The molecule has 0 aromatic rings. The molecule has 0 nitrogen and oxygen atoms in total. The lowest BCUT2D eigenvalue weighted by atomic mass is 10.2. The van der Waals surface area contributed by atoms with Crippen molar-refractivity contribution < 1.29 is 4.39 Å². The molecule has 0 spiro atoms. The topological polar surface area (TPSA) is 0 Å². The van der Waals surface area contributed by atoms with E-state index in [9.17, 15) is 4.39 Å². The Morgan fingerprint density at radius 1 is 1.70 bits per heavy atom. The van der Waals surface area contributed by atoms with E-state index >= 15 is 0 Å². The molecule has 0 saturated carbocycles. The third-order valence-electron chi connectivity index (χ3n) is 1.07. The summed E-state index contributed by atoms with van der Waals surface area (Å²) in [6.45, 7) is 3.52. The van der Waals surface area contributed by atoms with Crippen LogP contribution >= 0.6 is 0 Å². The first-order chi connectivity index (χ1) is 4.72. The molecule has 0 radical (unpaired) electrons. The Labute approximate surface area is 61.4 Å². The zero-order valence-corrected chi connectivity index (χ0v) is 6.32. The minimum Gasteiger partial charge on any atom is -0.206 e. The maximum atomic E-state index is 12.6. The van der Waals surface area contributed by atoms with E-state index in [4.69, 9.17) is 6.42 Å².